The molecule has 0 amide bonds. The fourth-order valence-corrected chi connectivity index (χ4v) is 3.73. The maximum Gasteiger partial charge on any atom is 0.338 e. The Balaban J connectivity index is 1.88. The molecule has 0 bridgehead atoms. The average molecular weight is 380 g/mol. The molecule has 2 aliphatic rings. The molecular weight excluding hydrogens is 352 g/mol. The van der Waals surface area contributed by atoms with Crippen molar-refractivity contribution in [1.29, 1.82) is 0 Å². The van der Waals surface area contributed by atoms with E-state index in [2.05, 4.69) is 0 Å². The molecule has 1 aromatic rings. The van der Waals surface area contributed by atoms with Crippen molar-refractivity contribution in [2.45, 2.75) is 76.2 Å². The lowest BCUT2D eigenvalue weighted by atomic mass is 9.84. The van der Waals surface area contributed by atoms with Gasteiger partial charge in [-0.15, -0.1) is 0 Å². The van der Waals surface area contributed by atoms with Crippen LogP contribution in [0.3, 0.4) is 0 Å². The smallest absolute Gasteiger partial charge is 0.338 e. The first-order valence-corrected chi connectivity index (χ1v) is 9.21. The average Bonchev–Trinajstić information content (AvgIpc) is 2.95. The van der Waals surface area contributed by atoms with Gasteiger partial charge in [-0.2, -0.15) is 0 Å². The molecule has 2 fully saturated rings. The van der Waals surface area contributed by atoms with Crippen molar-refractivity contribution < 1.29 is 33.6 Å². The fraction of sp³-hybridized carbons (Fsp3) is 0.650. The summed E-state index contributed by atoms with van der Waals surface area (Å²) >= 11 is 0. The van der Waals surface area contributed by atoms with Crippen LogP contribution in [0.1, 0.15) is 38.1 Å². The second kappa shape index (κ2) is 7.85. The second-order valence-electron chi connectivity index (χ2n) is 7.64. The second-order valence-corrected chi connectivity index (χ2v) is 7.64. The van der Waals surface area contributed by atoms with E-state index in [-0.39, 0.29) is 6.10 Å². The minimum atomic E-state index is -1.11. The number of hydrogen-bond donors (Lipinski definition) is 1. The highest BCUT2D eigenvalue weighted by atomic mass is 16.8. The van der Waals surface area contributed by atoms with Crippen LogP contribution in [0.4, 0.5) is 0 Å². The lowest BCUT2D eigenvalue weighted by Crippen LogP contribution is -2.65. The van der Waals surface area contributed by atoms with Crippen LogP contribution in [-0.2, 0) is 23.7 Å². The van der Waals surface area contributed by atoms with E-state index in [4.69, 9.17) is 23.7 Å². The van der Waals surface area contributed by atoms with Gasteiger partial charge in [0.15, 0.2) is 11.9 Å². The molecule has 0 unspecified atom stereocenters. The number of rotatable bonds is 5. The molecule has 7 heteroatoms. The standard InChI is InChI=1S/C20H28O7/c1-11(2)24-17-16(23-5)14(25-19(22)12-9-7-6-8-10-12)13(21)15-18(17)27-20(3,4)26-15/h6-11,13-18,21H,1-5H3/t13-,14-,15+,16+,17-,18-/m1/s1. The number of methoxy groups -OCH3 is 1. The van der Waals surface area contributed by atoms with Crippen molar-refractivity contribution in [3.8, 4) is 0 Å². The van der Waals surface area contributed by atoms with E-state index in [1.165, 1.54) is 7.11 Å². The Morgan fingerprint density at radius 3 is 2.30 bits per heavy atom. The van der Waals surface area contributed by atoms with Gasteiger partial charge in [-0.05, 0) is 39.8 Å². The molecule has 1 saturated carbocycles. The van der Waals surface area contributed by atoms with Crippen molar-refractivity contribution in [2.75, 3.05) is 7.11 Å². The molecule has 7 nitrogen and oxygen atoms in total. The molecule has 3 rings (SSSR count). The van der Waals surface area contributed by atoms with E-state index < -0.39 is 48.4 Å². The molecule has 150 valence electrons. The van der Waals surface area contributed by atoms with Crippen molar-refractivity contribution in [1.82, 2.24) is 0 Å². The Hall–Kier alpha value is -1.51. The Morgan fingerprint density at radius 1 is 1.07 bits per heavy atom. The predicted molar refractivity (Wildman–Crippen MR) is 96.3 cm³/mol. The summed E-state index contributed by atoms with van der Waals surface area (Å²) in [6.45, 7) is 7.35. The molecular formula is C20H28O7. The molecule has 1 heterocycles. The van der Waals surface area contributed by atoms with Gasteiger partial charge in [0.1, 0.15) is 30.5 Å². The summed E-state index contributed by atoms with van der Waals surface area (Å²) in [6, 6.07) is 8.62. The van der Waals surface area contributed by atoms with Crippen molar-refractivity contribution >= 4 is 5.97 Å². The van der Waals surface area contributed by atoms with Crippen molar-refractivity contribution in [2.24, 2.45) is 0 Å². The molecule has 27 heavy (non-hydrogen) atoms. The quantitative estimate of drug-likeness (QED) is 0.781. The topological polar surface area (TPSA) is 83.5 Å². The molecule has 0 aromatic heterocycles. The third-order valence-electron chi connectivity index (χ3n) is 4.76. The lowest BCUT2D eigenvalue weighted by molar-refractivity contribution is -0.222. The first-order chi connectivity index (χ1) is 12.7. The van der Waals surface area contributed by atoms with Crippen LogP contribution in [0.5, 0.6) is 0 Å². The first-order valence-electron chi connectivity index (χ1n) is 9.21. The van der Waals surface area contributed by atoms with Crippen molar-refractivity contribution in [3.63, 3.8) is 0 Å². The number of esters is 1. The van der Waals surface area contributed by atoms with E-state index >= 15 is 0 Å². The largest absolute Gasteiger partial charge is 0.453 e. The highest BCUT2D eigenvalue weighted by molar-refractivity contribution is 5.89. The summed E-state index contributed by atoms with van der Waals surface area (Å²) in [5, 5.41) is 10.9. The zero-order valence-corrected chi connectivity index (χ0v) is 16.3. The third-order valence-corrected chi connectivity index (χ3v) is 4.76. The molecule has 1 N–H and O–H groups in total. The number of fused-ring (bicyclic) bond motifs is 1. The van der Waals surface area contributed by atoms with Gasteiger partial charge in [-0.3, -0.25) is 0 Å². The van der Waals surface area contributed by atoms with Crippen LogP contribution in [0.2, 0.25) is 0 Å². The van der Waals surface area contributed by atoms with E-state index in [0.29, 0.717) is 5.56 Å². The Morgan fingerprint density at radius 2 is 1.70 bits per heavy atom. The summed E-state index contributed by atoms with van der Waals surface area (Å²) in [5.41, 5.74) is 0.395. The van der Waals surface area contributed by atoms with Crippen LogP contribution in [0, 0.1) is 0 Å². The van der Waals surface area contributed by atoms with Gasteiger partial charge in [0.25, 0.3) is 0 Å². The van der Waals surface area contributed by atoms with Gasteiger partial charge in [0.05, 0.1) is 11.7 Å². The Bertz CT molecular complexity index is 645. The summed E-state index contributed by atoms with van der Waals surface area (Å²) in [6.07, 6.45) is -4.65. The molecule has 1 saturated heterocycles. The highest BCUT2D eigenvalue weighted by Gasteiger charge is 2.60. The van der Waals surface area contributed by atoms with Gasteiger partial charge in [0, 0.05) is 7.11 Å². The van der Waals surface area contributed by atoms with E-state index in [9.17, 15) is 9.90 Å². The van der Waals surface area contributed by atoms with Crippen LogP contribution >= 0.6 is 0 Å². The van der Waals surface area contributed by atoms with E-state index in [0.717, 1.165) is 0 Å². The van der Waals surface area contributed by atoms with Crippen LogP contribution in [0.25, 0.3) is 0 Å². The SMILES string of the molecule is CO[C@@H]1[C@@H](OC(C)C)[C@@H]2OC(C)(C)O[C@H]2[C@H](O)[C@H]1OC(=O)c1ccccc1. The number of benzene rings is 1. The maximum absolute atomic E-state index is 12.6. The molecule has 0 radical (unpaired) electrons. The van der Waals surface area contributed by atoms with Gasteiger partial charge in [-0.25, -0.2) is 4.79 Å². The van der Waals surface area contributed by atoms with Crippen molar-refractivity contribution in [3.05, 3.63) is 35.9 Å². The van der Waals surface area contributed by atoms with Gasteiger partial charge in [0.2, 0.25) is 0 Å². The molecule has 0 spiro atoms. The fourth-order valence-electron chi connectivity index (χ4n) is 3.73. The summed E-state index contributed by atoms with van der Waals surface area (Å²) in [7, 11) is 1.50. The van der Waals surface area contributed by atoms with E-state index in [1.54, 1.807) is 38.1 Å². The first kappa shape index (κ1) is 20.2. The monoisotopic (exact) mass is 380 g/mol. The van der Waals surface area contributed by atoms with Crippen LogP contribution in [-0.4, -0.2) is 66.7 Å². The van der Waals surface area contributed by atoms with Gasteiger partial charge in [-0.1, -0.05) is 18.2 Å². The number of carbonyl (C=O) groups is 1. The third kappa shape index (κ3) is 4.17. The zero-order chi connectivity index (χ0) is 19.8. The van der Waals surface area contributed by atoms with Crippen LogP contribution in [0.15, 0.2) is 30.3 Å². The minimum absolute atomic E-state index is 0.110. The molecule has 1 aliphatic heterocycles. The number of aliphatic hydroxyl groups is 1. The maximum atomic E-state index is 12.6. The highest BCUT2D eigenvalue weighted by Crippen LogP contribution is 2.40. The summed E-state index contributed by atoms with van der Waals surface area (Å²) in [4.78, 5) is 12.6. The number of carbonyl (C=O) groups excluding carboxylic acids is 1. The Kier molecular flexibility index (Phi) is 5.88. The normalized spacial score (nSPS) is 35.1. The lowest BCUT2D eigenvalue weighted by Gasteiger charge is -2.44. The summed E-state index contributed by atoms with van der Waals surface area (Å²) < 4.78 is 29.2. The van der Waals surface area contributed by atoms with Crippen LogP contribution < -0.4 is 0 Å². The minimum Gasteiger partial charge on any atom is -0.453 e. The molecule has 6 atom stereocenters. The number of hydrogen-bond acceptors (Lipinski definition) is 7. The van der Waals surface area contributed by atoms with Gasteiger partial charge < -0.3 is 28.8 Å². The predicted octanol–water partition coefficient (Wildman–Crippen LogP) is 1.92. The summed E-state index contributed by atoms with van der Waals surface area (Å²) in [5.74, 6) is -1.42. The number of aliphatic hydroxyl groups excluding tert-OH is 1. The zero-order valence-electron chi connectivity index (χ0n) is 16.3. The van der Waals surface area contributed by atoms with Gasteiger partial charge >= 0.3 is 5.97 Å². The molecule has 1 aromatic carbocycles. The molecule has 1 aliphatic carbocycles. The Labute approximate surface area is 159 Å². The van der Waals surface area contributed by atoms with E-state index in [1.807, 2.05) is 19.9 Å². The number of ether oxygens (including phenoxy) is 5.